The van der Waals surface area contributed by atoms with E-state index in [1.807, 2.05) is 90.1 Å². The number of nitro groups is 2. The zero-order valence-corrected chi connectivity index (χ0v) is 42.3. The number of phenolic OH excluding ortho intramolecular Hbond substituents is 2. The number of hydrogen-bond donors (Lipinski definition) is 2. The Labute approximate surface area is 419 Å². The number of nitrogens with zero attached hydrogens (tertiary/aromatic N) is 4. The lowest BCUT2D eigenvalue weighted by Gasteiger charge is -2.32. The summed E-state index contributed by atoms with van der Waals surface area (Å²) in [7, 11) is -0.303. The molecule has 0 unspecified atom stereocenters. The zero-order chi connectivity index (χ0) is 49.9. The lowest BCUT2D eigenvalue weighted by Crippen LogP contribution is -2.41. The number of halogens is 3. The molecule has 6 aromatic carbocycles. The number of non-ortho nitro benzene ring substituents is 2. The van der Waals surface area contributed by atoms with E-state index >= 15 is 0 Å². The molecule has 2 N–H and O–H groups in total. The van der Waals surface area contributed by atoms with Crippen molar-refractivity contribution in [1.82, 2.24) is 0 Å². The number of benzene rings is 6. The van der Waals surface area contributed by atoms with Gasteiger partial charge < -0.3 is 29.2 Å². The highest BCUT2D eigenvalue weighted by Gasteiger charge is 2.51. The maximum atomic E-state index is 10.7. The van der Waals surface area contributed by atoms with Crippen molar-refractivity contribution in [3.8, 4) is 22.6 Å². The van der Waals surface area contributed by atoms with Crippen molar-refractivity contribution in [2.45, 2.75) is 79.8 Å². The standard InChI is InChI=1S/C22H19ClN2O4.C16H15IN2O4.C12H16BClO2/c1-14-11-21(17-5-7-18(23)8-6-17)20(12-22(14)26)15(2)24-29-13-16-3-9-19(10-4-16)25(27)28;1-10-7-15(17)14(8-16(10)20)11(2)18-23-9-12-3-5-13(6-4-12)19(21)22;1-11(2)12(3,4)16-13(15-11)9-5-7-10(14)8-6-9/h3-12,26H,13H2,1-2H3;3-8,20H,9H2,1-2H3;5-8H,1-4H3/b24-15+;18-11+;. The molecule has 14 nitrogen and oxygen atoms in total. The molecule has 0 aliphatic carbocycles. The fourth-order valence-electron chi connectivity index (χ4n) is 6.34. The third kappa shape index (κ3) is 14.2. The SMILES string of the molecule is C/C(=N\OCc1ccc([N+](=O)[O-])cc1)c1cc(O)c(C)cc1-c1ccc(Cl)cc1.C/C(=N\OCc1ccc([N+](=O)[O-])cc1)c1cc(O)c(C)cc1I.CC1(C)OB(c2ccc(Cl)cc2)OC1(C)C. The van der Waals surface area contributed by atoms with E-state index in [-0.39, 0.29) is 54.4 Å². The smallest absolute Gasteiger partial charge is 0.494 e. The topological polar surface area (TPSA) is 188 Å². The minimum Gasteiger partial charge on any atom is -0.508 e. The molecule has 6 aromatic rings. The molecule has 68 heavy (non-hydrogen) atoms. The Balaban J connectivity index is 0.000000199. The average Bonchev–Trinajstić information content (AvgIpc) is 3.52. The number of aryl methyl sites for hydroxylation is 2. The van der Waals surface area contributed by atoms with Gasteiger partial charge in [-0.05, 0) is 190 Å². The molecule has 1 heterocycles. The number of aromatic hydroxyl groups is 2. The minimum atomic E-state index is -0.449. The van der Waals surface area contributed by atoms with Crippen molar-refractivity contribution in [3.63, 3.8) is 0 Å². The Kier molecular flexibility index (Phi) is 18.1. The van der Waals surface area contributed by atoms with Crippen molar-refractivity contribution < 1.29 is 39.0 Å². The van der Waals surface area contributed by atoms with Gasteiger partial charge in [-0.1, -0.05) is 57.8 Å². The predicted molar refractivity (Wildman–Crippen MR) is 276 cm³/mol. The Hall–Kier alpha value is -6.05. The summed E-state index contributed by atoms with van der Waals surface area (Å²) in [6.45, 7) is 15.8. The van der Waals surface area contributed by atoms with Gasteiger partial charge in [0.25, 0.3) is 11.4 Å². The van der Waals surface area contributed by atoms with E-state index in [0.29, 0.717) is 16.4 Å². The first kappa shape index (κ1) is 52.9. The van der Waals surface area contributed by atoms with E-state index in [0.717, 1.165) is 58.6 Å². The highest BCUT2D eigenvalue weighted by atomic mass is 127. The number of phenols is 2. The molecule has 0 aromatic heterocycles. The van der Waals surface area contributed by atoms with Crippen LogP contribution in [0.1, 0.15) is 74.9 Å². The highest BCUT2D eigenvalue weighted by molar-refractivity contribution is 14.1. The summed E-state index contributed by atoms with van der Waals surface area (Å²) >= 11 is 14.0. The van der Waals surface area contributed by atoms with Crippen molar-refractivity contribution >= 4 is 81.2 Å². The number of nitro benzene ring substituents is 2. The molecular weight excluding hydrogens is 1030 g/mol. The van der Waals surface area contributed by atoms with Crippen LogP contribution in [0.4, 0.5) is 11.4 Å². The van der Waals surface area contributed by atoms with Gasteiger partial charge in [0.05, 0.1) is 32.5 Å². The van der Waals surface area contributed by atoms with Crippen LogP contribution in [0.15, 0.2) is 132 Å². The Morgan fingerprint density at radius 2 is 1.04 bits per heavy atom. The number of hydrogen-bond acceptors (Lipinski definition) is 12. The van der Waals surface area contributed by atoms with Crippen LogP contribution < -0.4 is 5.46 Å². The van der Waals surface area contributed by atoms with Crippen LogP contribution in [0.5, 0.6) is 11.5 Å². The fourth-order valence-corrected chi connectivity index (χ4v) is 7.60. The second-order valence-corrected chi connectivity index (χ2v) is 18.7. The summed E-state index contributed by atoms with van der Waals surface area (Å²) in [5.41, 5.74) is 8.19. The first-order chi connectivity index (χ1) is 32.0. The molecule has 7 rings (SSSR count). The van der Waals surface area contributed by atoms with Gasteiger partial charge in [0, 0.05) is 49.0 Å². The molecule has 0 atom stereocenters. The van der Waals surface area contributed by atoms with Crippen molar-refractivity contribution in [2.75, 3.05) is 0 Å². The maximum absolute atomic E-state index is 10.7. The lowest BCUT2D eigenvalue weighted by molar-refractivity contribution is -0.385. The largest absolute Gasteiger partial charge is 0.508 e. The van der Waals surface area contributed by atoms with E-state index in [9.17, 15) is 30.4 Å². The highest BCUT2D eigenvalue weighted by Crippen LogP contribution is 2.37. The lowest BCUT2D eigenvalue weighted by atomic mass is 9.79. The van der Waals surface area contributed by atoms with Gasteiger partial charge in [0.1, 0.15) is 24.7 Å². The Morgan fingerprint density at radius 1 is 0.647 bits per heavy atom. The van der Waals surface area contributed by atoms with Gasteiger partial charge in [-0.3, -0.25) is 20.2 Å². The molecule has 0 saturated carbocycles. The summed E-state index contributed by atoms with van der Waals surface area (Å²) in [4.78, 5) is 31.1. The van der Waals surface area contributed by atoms with Crippen LogP contribution in [-0.4, -0.2) is 49.8 Å². The van der Waals surface area contributed by atoms with Crippen molar-refractivity contribution in [1.29, 1.82) is 0 Å². The number of rotatable bonds is 12. The molecule has 354 valence electrons. The summed E-state index contributed by atoms with van der Waals surface area (Å²) in [6, 6.07) is 34.3. The summed E-state index contributed by atoms with van der Waals surface area (Å²) in [5, 5.41) is 50.8. The van der Waals surface area contributed by atoms with E-state index in [2.05, 4.69) is 32.9 Å². The van der Waals surface area contributed by atoms with Crippen LogP contribution in [0, 0.1) is 37.6 Å². The quantitative estimate of drug-likeness (QED) is 0.0392. The second-order valence-electron chi connectivity index (χ2n) is 16.7. The zero-order valence-electron chi connectivity index (χ0n) is 38.6. The summed E-state index contributed by atoms with van der Waals surface area (Å²) in [5.74, 6) is 0.382. The fraction of sp³-hybridized carbons (Fsp3) is 0.240. The van der Waals surface area contributed by atoms with E-state index < -0.39 is 9.85 Å². The number of oxime groups is 2. The summed E-state index contributed by atoms with van der Waals surface area (Å²) < 4.78 is 12.8. The molecule has 0 bridgehead atoms. The minimum absolute atomic E-state index is 0.0242. The Bertz CT molecular complexity index is 2780. The van der Waals surface area contributed by atoms with Gasteiger partial charge in [0.15, 0.2) is 0 Å². The van der Waals surface area contributed by atoms with Gasteiger partial charge in [0.2, 0.25) is 0 Å². The van der Waals surface area contributed by atoms with Crippen LogP contribution in [0.25, 0.3) is 11.1 Å². The molecule has 1 aliphatic heterocycles. The normalized spacial score (nSPS) is 14.0. The van der Waals surface area contributed by atoms with Gasteiger partial charge in [-0.2, -0.15) is 0 Å². The third-order valence-corrected chi connectivity index (χ3v) is 12.5. The van der Waals surface area contributed by atoms with E-state index in [1.54, 1.807) is 62.4 Å². The van der Waals surface area contributed by atoms with Crippen molar-refractivity contribution in [2.24, 2.45) is 10.3 Å². The first-order valence-electron chi connectivity index (χ1n) is 21.1. The monoisotopic (exact) mass is 1070 g/mol. The maximum Gasteiger partial charge on any atom is 0.494 e. The van der Waals surface area contributed by atoms with Gasteiger partial charge >= 0.3 is 7.12 Å². The Morgan fingerprint density at radius 3 is 1.49 bits per heavy atom. The third-order valence-electron chi connectivity index (χ3n) is 11.1. The van der Waals surface area contributed by atoms with E-state index in [1.165, 1.54) is 24.3 Å². The summed E-state index contributed by atoms with van der Waals surface area (Å²) in [6.07, 6.45) is 0. The molecule has 0 spiro atoms. The predicted octanol–water partition coefficient (Wildman–Crippen LogP) is 12.7. The molecule has 0 radical (unpaired) electrons. The van der Waals surface area contributed by atoms with Crippen LogP contribution in [0.2, 0.25) is 10.0 Å². The van der Waals surface area contributed by atoms with Gasteiger partial charge in [-0.25, -0.2) is 0 Å². The second kappa shape index (κ2) is 23.3. The first-order valence-corrected chi connectivity index (χ1v) is 22.9. The average molecular weight is 1080 g/mol. The molecular formula is C50H50BCl2IN4O10. The molecule has 1 aliphatic rings. The van der Waals surface area contributed by atoms with Crippen molar-refractivity contribution in [3.05, 3.63) is 189 Å². The van der Waals surface area contributed by atoms with Gasteiger partial charge in [-0.15, -0.1) is 0 Å². The van der Waals surface area contributed by atoms with Crippen LogP contribution >= 0.6 is 45.8 Å². The van der Waals surface area contributed by atoms with Crippen LogP contribution in [0.3, 0.4) is 0 Å². The van der Waals surface area contributed by atoms with Crippen LogP contribution in [-0.2, 0) is 32.2 Å². The molecule has 1 fully saturated rings. The molecule has 18 heteroatoms. The molecule has 1 saturated heterocycles. The molecule has 0 amide bonds. The van der Waals surface area contributed by atoms with E-state index in [4.69, 9.17) is 42.2 Å².